The van der Waals surface area contributed by atoms with Crippen molar-refractivity contribution in [1.82, 2.24) is 4.90 Å². The SMILES string of the molecule is CN(C)C(=O)CSc1ccccc1C(=O)OCc1cc(Cl)c2c(c1)OCCCO2. The number of carbonyl (C=O) groups excluding carboxylic acids is 2. The van der Waals surface area contributed by atoms with E-state index in [9.17, 15) is 9.59 Å². The van der Waals surface area contributed by atoms with Crippen LogP contribution in [0, 0.1) is 0 Å². The van der Waals surface area contributed by atoms with Crippen molar-refractivity contribution in [2.45, 2.75) is 17.9 Å². The summed E-state index contributed by atoms with van der Waals surface area (Å²) in [5, 5.41) is 0.425. The second-order valence-corrected chi connectivity index (χ2v) is 8.03. The molecule has 0 saturated carbocycles. The van der Waals surface area contributed by atoms with Crippen LogP contribution in [0.1, 0.15) is 22.3 Å². The van der Waals surface area contributed by atoms with Crippen LogP contribution in [0.15, 0.2) is 41.3 Å². The summed E-state index contributed by atoms with van der Waals surface area (Å²) >= 11 is 7.60. The van der Waals surface area contributed by atoms with Gasteiger partial charge in [0.15, 0.2) is 11.5 Å². The van der Waals surface area contributed by atoms with Crippen LogP contribution in [0.4, 0.5) is 0 Å². The van der Waals surface area contributed by atoms with Gasteiger partial charge in [-0.3, -0.25) is 4.79 Å². The van der Waals surface area contributed by atoms with E-state index >= 15 is 0 Å². The van der Waals surface area contributed by atoms with Crippen molar-refractivity contribution in [1.29, 1.82) is 0 Å². The highest BCUT2D eigenvalue weighted by molar-refractivity contribution is 8.00. The first kappa shape index (κ1) is 21.3. The number of carbonyl (C=O) groups is 2. The Morgan fingerprint density at radius 3 is 2.72 bits per heavy atom. The average Bonchev–Trinajstić information content (AvgIpc) is 2.96. The van der Waals surface area contributed by atoms with Crippen LogP contribution in [0.2, 0.25) is 5.02 Å². The minimum absolute atomic E-state index is 0.0278. The van der Waals surface area contributed by atoms with Crippen molar-refractivity contribution in [2.24, 2.45) is 0 Å². The molecule has 2 aromatic rings. The molecule has 154 valence electrons. The molecule has 1 aliphatic rings. The third kappa shape index (κ3) is 5.58. The first-order chi connectivity index (χ1) is 14.0. The predicted molar refractivity (Wildman–Crippen MR) is 112 cm³/mol. The summed E-state index contributed by atoms with van der Waals surface area (Å²) in [4.78, 5) is 26.7. The van der Waals surface area contributed by atoms with E-state index in [1.165, 1.54) is 16.7 Å². The van der Waals surface area contributed by atoms with Crippen LogP contribution in [-0.2, 0) is 16.1 Å². The largest absolute Gasteiger partial charge is 0.489 e. The first-order valence-electron chi connectivity index (χ1n) is 9.13. The number of esters is 1. The highest BCUT2D eigenvalue weighted by Gasteiger charge is 2.18. The summed E-state index contributed by atoms with van der Waals surface area (Å²) in [6.45, 7) is 1.14. The van der Waals surface area contributed by atoms with Crippen molar-refractivity contribution < 1.29 is 23.8 Å². The van der Waals surface area contributed by atoms with Crippen molar-refractivity contribution in [3.8, 4) is 11.5 Å². The second-order valence-electron chi connectivity index (χ2n) is 6.60. The average molecular weight is 436 g/mol. The van der Waals surface area contributed by atoms with Crippen molar-refractivity contribution >= 4 is 35.2 Å². The van der Waals surface area contributed by atoms with Gasteiger partial charge >= 0.3 is 5.97 Å². The van der Waals surface area contributed by atoms with Gasteiger partial charge in [-0.15, -0.1) is 11.8 Å². The number of nitrogens with zero attached hydrogens (tertiary/aromatic N) is 1. The predicted octanol–water partition coefficient (Wildman–Crippen LogP) is 4.04. The number of thioether (sulfide) groups is 1. The fourth-order valence-electron chi connectivity index (χ4n) is 2.62. The zero-order valence-corrected chi connectivity index (χ0v) is 17.8. The van der Waals surface area contributed by atoms with E-state index in [-0.39, 0.29) is 18.3 Å². The Balaban J connectivity index is 1.68. The number of rotatable bonds is 6. The summed E-state index contributed by atoms with van der Waals surface area (Å²) in [7, 11) is 3.40. The van der Waals surface area contributed by atoms with E-state index in [1.54, 1.807) is 44.4 Å². The molecule has 0 radical (unpaired) electrons. The number of halogens is 1. The highest BCUT2D eigenvalue weighted by atomic mass is 35.5. The quantitative estimate of drug-likeness (QED) is 0.504. The molecule has 3 rings (SSSR count). The van der Waals surface area contributed by atoms with Gasteiger partial charge in [0.1, 0.15) is 6.61 Å². The van der Waals surface area contributed by atoms with Crippen LogP contribution in [0.3, 0.4) is 0 Å². The smallest absolute Gasteiger partial charge is 0.339 e. The monoisotopic (exact) mass is 435 g/mol. The van der Waals surface area contributed by atoms with Crippen LogP contribution in [-0.4, -0.2) is 49.8 Å². The molecule has 0 spiro atoms. The minimum Gasteiger partial charge on any atom is -0.489 e. The van der Waals surface area contributed by atoms with Gasteiger partial charge in [-0.05, 0) is 29.8 Å². The lowest BCUT2D eigenvalue weighted by atomic mass is 10.2. The molecule has 8 heteroatoms. The fraction of sp³-hybridized carbons (Fsp3) is 0.333. The maximum Gasteiger partial charge on any atom is 0.339 e. The number of benzene rings is 2. The van der Waals surface area contributed by atoms with Crippen LogP contribution < -0.4 is 9.47 Å². The molecule has 1 heterocycles. The maximum atomic E-state index is 12.6. The fourth-order valence-corrected chi connectivity index (χ4v) is 3.93. The van der Waals surface area contributed by atoms with Gasteiger partial charge in [-0.1, -0.05) is 23.7 Å². The zero-order chi connectivity index (χ0) is 20.8. The highest BCUT2D eigenvalue weighted by Crippen LogP contribution is 2.38. The number of ether oxygens (including phenoxy) is 3. The first-order valence-corrected chi connectivity index (χ1v) is 10.5. The molecule has 0 fully saturated rings. The van der Waals surface area contributed by atoms with E-state index in [1.807, 2.05) is 6.07 Å². The molecule has 1 aliphatic heterocycles. The molecular formula is C21H22ClNO5S. The van der Waals surface area contributed by atoms with Crippen LogP contribution >= 0.6 is 23.4 Å². The molecule has 0 N–H and O–H groups in total. The lowest BCUT2D eigenvalue weighted by molar-refractivity contribution is -0.125. The van der Waals surface area contributed by atoms with Gasteiger partial charge in [0.25, 0.3) is 0 Å². The maximum absolute atomic E-state index is 12.6. The molecule has 6 nitrogen and oxygen atoms in total. The molecule has 0 bridgehead atoms. The van der Waals surface area contributed by atoms with Gasteiger partial charge < -0.3 is 19.1 Å². The summed E-state index contributed by atoms with van der Waals surface area (Å²) in [5.41, 5.74) is 1.13. The van der Waals surface area contributed by atoms with Gasteiger partial charge in [0, 0.05) is 25.4 Å². The molecule has 1 amide bonds. The molecule has 29 heavy (non-hydrogen) atoms. The molecule has 2 aromatic carbocycles. The number of fused-ring (bicyclic) bond motifs is 1. The second kappa shape index (κ2) is 9.89. The third-order valence-corrected chi connectivity index (χ3v) is 5.53. The normalized spacial score (nSPS) is 12.8. The van der Waals surface area contributed by atoms with Crippen molar-refractivity contribution in [2.75, 3.05) is 33.1 Å². The number of hydrogen-bond donors (Lipinski definition) is 0. The Labute approximate surface area is 179 Å². The summed E-state index contributed by atoms with van der Waals surface area (Å²) in [6.07, 6.45) is 0.778. The van der Waals surface area contributed by atoms with E-state index in [0.717, 1.165) is 6.42 Å². The van der Waals surface area contributed by atoms with Gasteiger partial charge in [-0.2, -0.15) is 0 Å². The van der Waals surface area contributed by atoms with Gasteiger partial charge in [0.2, 0.25) is 5.91 Å². The Kier molecular flexibility index (Phi) is 7.28. The van der Waals surface area contributed by atoms with Crippen LogP contribution in [0.25, 0.3) is 0 Å². The Hall–Kier alpha value is -2.38. The molecule has 0 unspecified atom stereocenters. The zero-order valence-electron chi connectivity index (χ0n) is 16.3. The number of hydrogen-bond acceptors (Lipinski definition) is 6. The molecule has 0 aromatic heterocycles. The topological polar surface area (TPSA) is 65.1 Å². The molecular weight excluding hydrogens is 414 g/mol. The Morgan fingerprint density at radius 1 is 1.17 bits per heavy atom. The molecule has 0 aliphatic carbocycles. The van der Waals surface area contributed by atoms with E-state index in [2.05, 4.69) is 0 Å². The van der Waals surface area contributed by atoms with Crippen molar-refractivity contribution in [3.63, 3.8) is 0 Å². The summed E-state index contributed by atoms with van der Waals surface area (Å²) < 4.78 is 16.8. The lowest BCUT2D eigenvalue weighted by Crippen LogP contribution is -2.23. The minimum atomic E-state index is -0.464. The standard InChI is InChI=1S/C21H22ClNO5S/c1-23(2)19(24)13-29-18-7-4-3-6-15(18)21(25)28-12-14-10-16(22)20-17(11-14)26-8-5-9-27-20/h3-4,6-7,10-11H,5,8-9,12-13H2,1-2H3. The number of amides is 1. The van der Waals surface area contributed by atoms with Gasteiger partial charge in [0.05, 0.1) is 29.6 Å². The summed E-state index contributed by atoms with van der Waals surface area (Å²) in [5.74, 6) is 0.828. The van der Waals surface area contributed by atoms with Crippen molar-refractivity contribution in [3.05, 3.63) is 52.5 Å². The van der Waals surface area contributed by atoms with E-state index in [4.69, 9.17) is 25.8 Å². The lowest BCUT2D eigenvalue weighted by Gasteiger charge is -2.13. The molecule has 0 atom stereocenters. The Morgan fingerprint density at radius 2 is 1.93 bits per heavy atom. The molecule has 0 saturated heterocycles. The summed E-state index contributed by atoms with van der Waals surface area (Å²) in [6, 6.07) is 10.6. The van der Waals surface area contributed by atoms with E-state index in [0.29, 0.717) is 45.8 Å². The third-order valence-electron chi connectivity index (χ3n) is 4.19. The van der Waals surface area contributed by atoms with Gasteiger partial charge in [-0.25, -0.2) is 4.79 Å². The van der Waals surface area contributed by atoms with E-state index < -0.39 is 5.97 Å². The van der Waals surface area contributed by atoms with Crippen LogP contribution in [0.5, 0.6) is 11.5 Å². The Bertz CT molecular complexity index is 903.